The second-order valence-corrected chi connectivity index (χ2v) is 4.84. The zero-order chi connectivity index (χ0) is 12.7. The number of fused-ring (bicyclic) bond motifs is 3. The van der Waals surface area contributed by atoms with Crippen LogP contribution in [0.25, 0.3) is 10.9 Å². The van der Waals surface area contributed by atoms with Gasteiger partial charge in [-0.05, 0) is 24.6 Å². The summed E-state index contributed by atoms with van der Waals surface area (Å²) < 4.78 is 2.25. The summed E-state index contributed by atoms with van der Waals surface area (Å²) >= 11 is 0. The number of carboxylic acid groups (broad SMARTS) is 1. The summed E-state index contributed by atoms with van der Waals surface area (Å²) in [5, 5.41) is 13.5. The Bertz CT molecular complexity index is 628. The fourth-order valence-electron chi connectivity index (χ4n) is 2.79. The van der Waals surface area contributed by atoms with E-state index in [1.165, 1.54) is 5.56 Å². The zero-order valence-corrected chi connectivity index (χ0v) is 10.4. The van der Waals surface area contributed by atoms with Crippen LogP contribution in [0.3, 0.4) is 0 Å². The largest absolute Gasteiger partial charge is 0.481 e. The molecule has 4 heteroatoms. The number of nitrogens with zero attached hydrogens (tertiary/aromatic N) is 1. The van der Waals surface area contributed by atoms with E-state index in [9.17, 15) is 4.79 Å². The molecule has 0 atom stereocenters. The molecular formula is C14H16N2O2. The molecule has 0 aliphatic carbocycles. The van der Waals surface area contributed by atoms with Crippen LogP contribution in [-0.4, -0.2) is 22.2 Å². The number of aromatic nitrogens is 1. The van der Waals surface area contributed by atoms with Gasteiger partial charge in [0.25, 0.3) is 0 Å². The molecule has 2 aromatic rings. The van der Waals surface area contributed by atoms with Gasteiger partial charge in [0.2, 0.25) is 0 Å². The van der Waals surface area contributed by atoms with Crippen LogP contribution in [0.4, 0.5) is 0 Å². The molecule has 1 aliphatic rings. The van der Waals surface area contributed by atoms with E-state index >= 15 is 0 Å². The van der Waals surface area contributed by atoms with E-state index in [4.69, 9.17) is 5.11 Å². The molecule has 0 fully saturated rings. The fraction of sp³-hybridized carbons (Fsp3) is 0.357. The van der Waals surface area contributed by atoms with Crippen molar-refractivity contribution in [2.24, 2.45) is 0 Å². The number of aryl methyl sites for hydroxylation is 1. The lowest BCUT2D eigenvalue weighted by Crippen LogP contribution is -2.28. The van der Waals surface area contributed by atoms with Gasteiger partial charge in [-0.15, -0.1) is 0 Å². The molecular weight excluding hydrogens is 228 g/mol. The fourth-order valence-corrected chi connectivity index (χ4v) is 2.79. The van der Waals surface area contributed by atoms with Crippen molar-refractivity contribution in [3.63, 3.8) is 0 Å². The highest BCUT2D eigenvalue weighted by Gasteiger charge is 2.20. The molecule has 2 N–H and O–H groups in total. The van der Waals surface area contributed by atoms with Gasteiger partial charge in [0, 0.05) is 36.2 Å². The Balaban J connectivity index is 2.29. The highest BCUT2D eigenvalue weighted by molar-refractivity contribution is 5.89. The summed E-state index contributed by atoms with van der Waals surface area (Å²) in [4.78, 5) is 11.1. The molecule has 4 nitrogen and oxygen atoms in total. The van der Waals surface area contributed by atoms with Gasteiger partial charge in [0.1, 0.15) is 0 Å². The smallest absolute Gasteiger partial charge is 0.307 e. The minimum atomic E-state index is -0.766. The third kappa shape index (κ3) is 1.69. The van der Waals surface area contributed by atoms with Crippen LogP contribution < -0.4 is 5.32 Å². The van der Waals surface area contributed by atoms with Crippen molar-refractivity contribution >= 4 is 16.9 Å². The highest BCUT2D eigenvalue weighted by atomic mass is 16.4. The van der Waals surface area contributed by atoms with E-state index in [0.29, 0.717) is 0 Å². The van der Waals surface area contributed by atoms with E-state index in [1.807, 2.05) is 6.92 Å². The molecule has 3 rings (SSSR count). The van der Waals surface area contributed by atoms with E-state index in [0.717, 1.165) is 41.8 Å². The minimum Gasteiger partial charge on any atom is -0.481 e. The summed E-state index contributed by atoms with van der Waals surface area (Å²) in [7, 11) is 0. The first-order chi connectivity index (χ1) is 8.66. The summed E-state index contributed by atoms with van der Waals surface area (Å²) in [6.45, 7) is 4.65. The van der Waals surface area contributed by atoms with Gasteiger partial charge >= 0.3 is 5.97 Å². The Kier molecular flexibility index (Phi) is 2.59. The second kappa shape index (κ2) is 4.14. The van der Waals surface area contributed by atoms with Crippen molar-refractivity contribution in [3.05, 3.63) is 35.0 Å². The number of aliphatic carboxylic acids is 1. The molecule has 0 amide bonds. The van der Waals surface area contributed by atoms with E-state index in [1.54, 1.807) is 0 Å². The molecule has 0 bridgehead atoms. The maximum Gasteiger partial charge on any atom is 0.307 e. The first-order valence-electron chi connectivity index (χ1n) is 6.20. The van der Waals surface area contributed by atoms with Crippen molar-refractivity contribution in [2.45, 2.75) is 26.4 Å². The molecule has 0 saturated carbocycles. The SMILES string of the molecule is Cc1ccc2c(c1)c(CC(=O)O)c1n2CCNC1. The summed E-state index contributed by atoms with van der Waals surface area (Å²) in [5.41, 5.74) is 4.43. The van der Waals surface area contributed by atoms with Gasteiger partial charge in [0.15, 0.2) is 0 Å². The maximum atomic E-state index is 11.1. The van der Waals surface area contributed by atoms with Crippen molar-refractivity contribution in [1.29, 1.82) is 0 Å². The Morgan fingerprint density at radius 3 is 3.11 bits per heavy atom. The molecule has 0 unspecified atom stereocenters. The monoisotopic (exact) mass is 244 g/mol. The third-order valence-corrected chi connectivity index (χ3v) is 3.57. The first kappa shape index (κ1) is 11.3. The van der Waals surface area contributed by atoms with Crippen LogP contribution in [-0.2, 0) is 24.3 Å². The average molecular weight is 244 g/mol. The van der Waals surface area contributed by atoms with E-state index < -0.39 is 5.97 Å². The lowest BCUT2D eigenvalue weighted by molar-refractivity contribution is -0.136. The summed E-state index contributed by atoms with van der Waals surface area (Å²) in [5.74, 6) is -0.766. The molecule has 0 spiro atoms. The molecule has 2 heterocycles. The van der Waals surface area contributed by atoms with Crippen LogP contribution in [0, 0.1) is 6.92 Å². The normalized spacial score (nSPS) is 14.7. The number of carbonyl (C=O) groups is 1. The third-order valence-electron chi connectivity index (χ3n) is 3.57. The van der Waals surface area contributed by atoms with Crippen LogP contribution >= 0.6 is 0 Å². The van der Waals surface area contributed by atoms with Crippen LogP contribution in [0.1, 0.15) is 16.8 Å². The van der Waals surface area contributed by atoms with Crippen molar-refractivity contribution < 1.29 is 9.90 Å². The lowest BCUT2D eigenvalue weighted by atomic mass is 10.1. The standard InChI is InChI=1S/C14H16N2O2/c1-9-2-3-12-10(6-9)11(7-14(17)18)13-8-15-4-5-16(12)13/h2-3,6,15H,4-5,7-8H2,1H3,(H,17,18). The molecule has 1 aliphatic heterocycles. The Hall–Kier alpha value is -1.81. The first-order valence-corrected chi connectivity index (χ1v) is 6.20. The molecule has 1 aromatic carbocycles. The Labute approximate surface area is 105 Å². The molecule has 1 aromatic heterocycles. The zero-order valence-electron chi connectivity index (χ0n) is 10.4. The predicted molar refractivity (Wildman–Crippen MR) is 69.7 cm³/mol. The number of hydrogen-bond acceptors (Lipinski definition) is 2. The van der Waals surface area contributed by atoms with Gasteiger partial charge in [-0.2, -0.15) is 0 Å². The summed E-state index contributed by atoms with van der Waals surface area (Å²) in [6.07, 6.45) is 0.101. The van der Waals surface area contributed by atoms with E-state index in [-0.39, 0.29) is 6.42 Å². The van der Waals surface area contributed by atoms with Crippen LogP contribution in [0.2, 0.25) is 0 Å². The topological polar surface area (TPSA) is 54.3 Å². The second-order valence-electron chi connectivity index (χ2n) is 4.84. The number of rotatable bonds is 2. The Morgan fingerprint density at radius 2 is 2.33 bits per heavy atom. The Morgan fingerprint density at radius 1 is 1.50 bits per heavy atom. The predicted octanol–water partition coefficient (Wildman–Crippen LogP) is 1.68. The van der Waals surface area contributed by atoms with Gasteiger partial charge in [-0.1, -0.05) is 11.6 Å². The number of hydrogen-bond donors (Lipinski definition) is 2. The van der Waals surface area contributed by atoms with Gasteiger partial charge in [0.05, 0.1) is 6.42 Å². The number of carboxylic acids is 1. The highest BCUT2D eigenvalue weighted by Crippen LogP contribution is 2.29. The van der Waals surface area contributed by atoms with Gasteiger partial charge in [-0.3, -0.25) is 4.79 Å². The van der Waals surface area contributed by atoms with Crippen molar-refractivity contribution in [3.8, 4) is 0 Å². The van der Waals surface area contributed by atoms with Crippen molar-refractivity contribution in [1.82, 2.24) is 9.88 Å². The van der Waals surface area contributed by atoms with Crippen LogP contribution in [0.5, 0.6) is 0 Å². The molecule has 94 valence electrons. The average Bonchev–Trinajstić information content (AvgIpc) is 2.63. The molecule has 0 radical (unpaired) electrons. The van der Waals surface area contributed by atoms with Crippen molar-refractivity contribution in [2.75, 3.05) is 6.54 Å². The quantitative estimate of drug-likeness (QED) is 0.845. The summed E-state index contributed by atoms with van der Waals surface area (Å²) in [6, 6.07) is 6.28. The maximum absolute atomic E-state index is 11.1. The van der Waals surface area contributed by atoms with Gasteiger partial charge in [-0.25, -0.2) is 0 Å². The van der Waals surface area contributed by atoms with Gasteiger partial charge < -0.3 is 15.0 Å². The van der Waals surface area contributed by atoms with Crippen LogP contribution in [0.15, 0.2) is 18.2 Å². The minimum absolute atomic E-state index is 0.101. The number of benzene rings is 1. The molecule has 18 heavy (non-hydrogen) atoms. The molecule has 0 saturated heterocycles. The van der Waals surface area contributed by atoms with E-state index in [2.05, 4.69) is 28.1 Å². The number of nitrogens with one attached hydrogen (secondary N) is 1. The lowest BCUT2D eigenvalue weighted by Gasteiger charge is -2.18.